The summed E-state index contributed by atoms with van der Waals surface area (Å²) >= 11 is 12.7. The summed E-state index contributed by atoms with van der Waals surface area (Å²) in [6.45, 7) is -0.0373. The molecule has 2 aliphatic heterocycles. The van der Waals surface area contributed by atoms with Gasteiger partial charge in [0.05, 0.1) is 48.1 Å². The first-order valence-corrected chi connectivity index (χ1v) is 17.6. The van der Waals surface area contributed by atoms with Gasteiger partial charge in [0.25, 0.3) is 11.8 Å². The molecule has 6 unspecified atom stereocenters. The molecule has 2 saturated heterocycles. The van der Waals surface area contributed by atoms with Crippen LogP contribution in [0.4, 0.5) is 5.69 Å². The standard InChI is InChI=1S/C38H35Cl2N3O9/c1-51-22-9-5-19(6-10-22)38-27(35(48)43(37(38)50)41-29-14-7-20(39)16-28(29)40)18-26-23(33(38)24-11-8-21(44)17-30(24)52-2)12-13-25-32(26)36(49)42(34(25)47)15-3-4-31(45)46/h5-12,14,16-17,25-27,32-33,41,44H,3-4,13,15,18H2,1-2H3,(H,45,46). The van der Waals surface area contributed by atoms with Crippen molar-refractivity contribution in [1.82, 2.24) is 9.91 Å². The van der Waals surface area contributed by atoms with Crippen LogP contribution in [0.5, 0.6) is 17.2 Å². The molecule has 3 N–H and O–H groups in total. The second-order valence-corrected chi connectivity index (χ2v) is 14.3. The molecule has 7 rings (SSSR count). The summed E-state index contributed by atoms with van der Waals surface area (Å²) in [5.41, 5.74) is 3.31. The minimum Gasteiger partial charge on any atom is -0.508 e. The van der Waals surface area contributed by atoms with Crippen LogP contribution in [0.3, 0.4) is 0 Å². The lowest BCUT2D eigenvalue weighted by molar-refractivity contribution is -0.142. The zero-order valence-corrected chi connectivity index (χ0v) is 29.7. The molecule has 12 nitrogen and oxygen atoms in total. The van der Waals surface area contributed by atoms with Crippen LogP contribution in [-0.4, -0.2) is 70.5 Å². The number of hydrazine groups is 1. The summed E-state index contributed by atoms with van der Waals surface area (Å²) in [6, 6.07) is 16.1. The maximum absolute atomic E-state index is 15.4. The van der Waals surface area contributed by atoms with Crippen molar-refractivity contribution in [2.24, 2.45) is 23.7 Å². The third-order valence-electron chi connectivity index (χ3n) is 11.0. The first-order valence-electron chi connectivity index (χ1n) is 16.8. The lowest BCUT2D eigenvalue weighted by atomic mass is 9.49. The second kappa shape index (κ2) is 13.5. The molecule has 0 aromatic heterocycles. The van der Waals surface area contributed by atoms with Gasteiger partial charge in [-0.15, -0.1) is 0 Å². The number of rotatable bonds is 10. The summed E-state index contributed by atoms with van der Waals surface area (Å²) in [5, 5.41) is 21.2. The van der Waals surface area contributed by atoms with E-state index in [4.69, 9.17) is 32.7 Å². The molecule has 2 heterocycles. The van der Waals surface area contributed by atoms with Crippen molar-refractivity contribution in [3.63, 3.8) is 0 Å². The Labute approximate surface area is 308 Å². The number of hydrogen-bond acceptors (Lipinski definition) is 9. The van der Waals surface area contributed by atoms with Gasteiger partial charge in [-0.05, 0) is 67.1 Å². The number of allylic oxidation sites excluding steroid dienone is 2. The molecule has 3 fully saturated rings. The van der Waals surface area contributed by atoms with Crippen molar-refractivity contribution in [3.05, 3.63) is 93.5 Å². The SMILES string of the molecule is COc1ccc(C23C(=O)N(Nc4ccc(Cl)cc4Cl)C(=O)C2CC2C(=CCC4C(=O)N(CCCC(=O)O)C(=O)C42)C3c2ccc(O)cc2OC)cc1. The van der Waals surface area contributed by atoms with Crippen molar-refractivity contribution in [2.45, 2.75) is 37.0 Å². The third kappa shape index (κ3) is 5.47. The number of nitrogens with zero attached hydrogens (tertiary/aromatic N) is 2. The van der Waals surface area contributed by atoms with E-state index in [1.54, 1.807) is 42.5 Å². The van der Waals surface area contributed by atoms with Crippen LogP contribution in [0.25, 0.3) is 0 Å². The van der Waals surface area contributed by atoms with Crippen LogP contribution in [0.15, 0.2) is 72.3 Å². The number of nitrogens with one attached hydrogen (secondary N) is 1. The first-order chi connectivity index (χ1) is 24.9. The number of ether oxygens (including phenoxy) is 2. The highest BCUT2D eigenvalue weighted by Gasteiger charge is 2.70. The van der Waals surface area contributed by atoms with E-state index in [0.29, 0.717) is 27.5 Å². The van der Waals surface area contributed by atoms with E-state index < -0.39 is 58.7 Å². The number of imide groups is 2. The molecule has 3 aromatic carbocycles. The number of fused-ring (bicyclic) bond motifs is 4. The van der Waals surface area contributed by atoms with Gasteiger partial charge in [0.1, 0.15) is 17.2 Å². The molecule has 52 heavy (non-hydrogen) atoms. The van der Waals surface area contributed by atoms with Crippen LogP contribution < -0.4 is 14.9 Å². The van der Waals surface area contributed by atoms with Crippen LogP contribution in [0.1, 0.15) is 42.7 Å². The van der Waals surface area contributed by atoms with Crippen molar-refractivity contribution in [3.8, 4) is 17.2 Å². The molecular formula is C38H35Cl2N3O9. The minimum absolute atomic E-state index is 0.0373. The fraction of sp³-hybridized carbons (Fsp3) is 0.342. The van der Waals surface area contributed by atoms with E-state index in [2.05, 4.69) is 5.43 Å². The van der Waals surface area contributed by atoms with E-state index >= 15 is 4.79 Å². The average Bonchev–Trinajstić information content (AvgIpc) is 3.49. The van der Waals surface area contributed by atoms with E-state index in [9.17, 15) is 29.4 Å². The molecule has 1 saturated carbocycles. The molecular weight excluding hydrogens is 713 g/mol. The van der Waals surface area contributed by atoms with Crippen LogP contribution in [0.2, 0.25) is 10.0 Å². The van der Waals surface area contributed by atoms with Gasteiger partial charge < -0.3 is 19.7 Å². The number of methoxy groups -OCH3 is 2. The number of phenolic OH excluding ortho intramolecular Hbond substituents is 1. The van der Waals surface area contributed by atoms with Crippen molar-refractivity contribution in [2.75, 3.05) is 26.2 Å². The van der Waals surface area contributed by atoms with Gasteiger partial charge in [-0.1, -0.05) is 53.1 Å². The van der Waals surface area contributed by atoms with Crippen LogP contribution in [-0.2, 0) is 29.4 Å². The molecule has 0 bridgehead atoms. The summed E-state index contributed by atoms with van der Waals surface area (Å²) in [5.74, 6) is -6.43. The number of carbonyl (C=O) groups excluding carboxylic acids is 4. The second-order valence-electron chi connectivity index (χ2n) is 13.5. The fourth-order valence-electron chi connectivity index (χ4n) is 8.80. The number of carbonyl (C=O) groups is 5. The van der Waals surface area contributed by atoms with Gasteiger partial charge in [-0.25, -0.2) is 0 Å². The summed E-state index contributed by atoms with van der Waals surface area (Å²) in [7, 11) is 2.96. The topological polar surface area (TPSA) is 163 Å². The van der Waals surface area contributed by atoms with E-state index in [1.807, 2.05) is 6.08 Å². The number of halogens is 2. The maximum atomic E-state index is 15.4. The summed E-state index contributed by atoms with van der Waals surface area (Å²) in [6.07, 6.45) is 2.05. The molecule has 4 amide bonds. The Morgan fingerprint density at radius 2 is 1.69 bits per heavy atom. The Bertz CT molecular complexity index is 2040. The molecule has 3 aromatic rings. The largest absolute Gasteiger partial charge is 0.508 e. The number of aromatic hydroxyl groups is 1. The number of benzene rings is 3. The Morgan fingerprint density at radius 3 is 2.37 bits per heavy atom. The number of carboxylic acid groups (broad SMARTS) is 1. The van der Waals surface area contributed by atoms with Gasteiger partial charge in [-0.2, -0.15) is 5.01 Å². The third-order valence-corrected chi connectivity index (χ3v) is 11.5. The molecule has 0 spiro atoms. The smallest absolute Gasteiger partial charge is 0.303 e. The van der Waals surface area contributed by atoms with Crippen LogP contribution in [0, 0.1) is 23.7 Å². The number of amides is 4. The Hall–Kier alpha value is -5.07. The van der Waals surface area contributed by atoms with Gasteiger partial charge >= 0.3 is 5.97 Å². The Balaban J connectivity index is 1.43. The molecule has 0 radical (unpaired) electrons. The maximum Gasteiger partial charge on any atom is 0.303 e. The predicted molar refractivity (Wildman–Crippen MR) is 189 cm³/mol. The molecule has 270 valence electrons. The average molecular weight is 749 g/mol. The Morgan fingerprint density at radius 1 is 0.942 bits per heavy atom. The highest BCUT2D eigenvalue weighted by Crippen LogP contribution is 2.65. The normalized spacial score (nSPS) is 26.5. The molecule has 2 aliphatic carbocycles. The lowest BCUT2D eigenvalue weighted by Crippen LogP contribution is -2.53. The van der Waals surface area contributed by atoms with Gasteiger partial charge in [0.2, 0.25) is 11.8 Å². The highest BCUT2D eigenvalue weighted by molar-refractivity contribution is 6.36. The van der Waals surface area contributed by atoms with E-state index in [-0.39, 0.29) is 60.3 Å². The summed E-state index contributed by atoms with van der Waals surface area (Å²) < 4.78 is 11.2. The Kier molecular flexibility index (Phi) is 9.16. The minimum atomic E-state index is -1.61. The number of carboxylic acids is 1. The number of likely N-dealkylation sites (tertiary alicyclic amines) is 1. The number of aliphatic carboxylic acids is 1. The van der Waals surface area contributed by atoms with Gasteiger partial charge in [0, 0.05) is 35.5 Å². The number of hydrogen-bond donors (Lipinski definition) is 3. The lowest BCUT2D eigenvalue weighted by Gasteiger charge is -2.50. The number of phenols is 1. The zero-order valence-electron chi connectivity index (χ0n) is 28.2. The molecule has 6 atom stereocenters. The summed E-state index contributed by atoms with van der Waals surface area (Å²) in [4.78, 5) is 70.4. The first kappa shape index (κ1) is 35.3. The van der Waals surface area contributed by atoms with Crippen molar-refractivity contribution < 1.29 is 43.7 Å². The highest BCUT2D eigenvalue weighted by atomic mass is 35.5. The molecule has 4 aliphatic rings. The van der Waals surface area contributed by atoms with Crippen molar-refractivity contribution >= 4 is 58.5 Å². The van der Waals surface area contributed by atoms with E-state index in [0.717, 1.165) is 9.91 Å². The van der Waals surface area contributed by atoms with Crippen LogP contribution >= 0.6 is 23.2 Å². The predicted octanol–water partition coefficient (Wildman–Crippen LogP) is 5.57. The fourth-order valence-corrected chi connectivity index (χ4v) is 9.25. The monoisotopic (exact) mass is 747 g/mol. The molecule has 14 heteroatoms. The van der Waals surface area contributed by atoms with Gasteiger partial charge in [0.15, 0.2) is 0 Å². The van der Waals surface area contributed by atoms with E-state index in [1.165, 1.54) is 32.4 Å². The quantitative estimate of drug-likeness (QED) is 0.177. The van der Waals surface area contributed by atoms with Crippen molar-refractivity contribution in [1.29, 1.82) is 0 Å². The number of anilines is 1. The zero-order chi connectivity index (χ0) is 37.1. The van der Waals surface area contributed by atoms with Gasteiger partial charge in [-0.3, -0.25) is 34.3 Å².